The molecule has 6 heteroatoms. The molecular formula is C20H18ClN3O2. The van der Waals surface area contributed by atoms with Crippen molar-refractivity contribution in [1.82, 2.24) is 14.5 Å². The third-order valence-electron chi connectivity index (χ3n) is 4.92. The zero-order valence-electron chi connectivity index (χ0n) is 14.1. The number of benzene rings is 2. The van der Waals surface area contributed by atoms with E-state index in [9.17, 15) is 9.59 Å². The van der Waals surface area contributed by atoms with Crippen LogP contribution in [0.3, 0.4) is 0 Å². The van der Waals surface area contributed by atoms with Crippen LogP contribution in [0, 0.1) is 0 Å². The Bertz CT molecular complexity index is 1030. The normalized spacial score (nSPS) is 17.0. The number of rotatable bonds is 3. The van der Waals surface area contributed by atoms with E-state index >= 15 is 0 Å². The van der Waals surface area contributed by atoms with Gasteiger partial charge < -0.3 is 4.90 Å². The highest BCUT2D eigenvalue weighted by Gasteiger charge is 2.28. The number of carbonyl (C=O) groups is 1. The Morgan fingerprint density at radius 3 is 2.77 bits per heavy atom. The van der Waals surface area contributed by atoms with Gasteiger partial charge in [0.25, 0.3) is 5.56 Å². The summed E-state index contributed by atoms with van der Waals surface area (Å²) in [5.74, 6) is 0.165. The molecule has 0 saturated carbocycles. The Kier molecular flexibility index (Phi) is 4.47. The van der Waals surface area contributed by atoms with Crippen LogP contribution in [-0.4, -0.2) is 33.4 Å². The van der Waals surface area contributed by atoms with Crippen molar-refractivity contribution in [3.63, 3.8) is 0 Å². The second kappa shape index (κ2) is 6.92. The summed E-state index contributed by atoms with van der Waals surface area (Å²) >= 11 is 6.28. The molecule has 0 spiro atoms. The minimum Gasteiger partial charge on any atom is -0.341 e. The molecule has 0 N–H and O–H groups in total. The van der Waals surface area contributed by atoms with Crippen LogP contribution >= 0.6 is 11.6 Å². The molecule has 2 aromatic carbocycles. The zero-order chi connectivity index (χ0) is 18.1. The van der Waals surface area contributed by atoms with Crippen molar-refractivity contribution in [2.75, 3.05) is 13.1 Å². The Hall–Kier alpha value is -2.66. The van der Waals surface area contributed by atoms with Gasteiger partial charge in [-0.25, -0.2) is 4.98 Å². The van der Waals surface area contributed by atoms with Gasteiger partial charge in [-0.2, -0.15) is 0 Å². The maximum atomic E-state index is 12.7. The summed E-state index contributed by atoms with van der Waals surface area (Å²) in [4.78, 5) is 31.3. The predicted octanol–water partition coefficient (Wildman–Crippen LogP) is 3.07. The first-order chi connectivity index (χ1) is 12.6. The van der Waals surface area contributed by atoms with E-state index in [0.29, 0.717) is 24.0 Å². The van der Waals surface area contributed by atoms with Crippen molar-refractivity contribution in [3.8, 4) is 0 Å². The molecule has 1 saturated heterocycles. The van der Waals surface area contributed by atoms with Gasteiger partial charge in [-0.05, 0) is 30.2 Å². The zero-order valence-corrected chi connectivity index (χ0v) is 14.9. The number of carbonyl (C=O) groups excluding carboxylic acids is 1. The van der Waals surface area contributed by atoms with Crippen LogP contribution in [0.25, 0.3) is 10.9 Å². The molecule has 0 radical (unpaired) electrons. The Morgan fingerprint density at radius 2 is 1.92 bits per heavy atom. The van der Waals surface area contributed by atoms with E-state index in [1.54, 1.807) is 23.1 Å². The number of likely N-dealkylation sites (tertiary alicyclic amines) is 1. The van der Waals surface area contributed by atoms with Gasteiger partial charge in [-0.3, -0.25) is 14.2 Å². The summed E-state index contributed by atoms with van der Waals surface area (Å²) in [5.41, 5.74) is 1.53. The monoisotopic (exact) mass is 367 g/mol. The first-order valence-electron chi connectivity index (χ1n) is 8.60. The lowest BCUT2D eigenvalue weighted by Gasteiger charge is -2.18. The van der Waals surface area contributed by atoms with Crippen LogP contribution in [0.5, 0.6) is 0 Å². The predicted molar refractivity (Wildman–Crippen MR) is 101 cm³/mol. The molecule has 0 aliphatic carbocycles. The summed E-state index contributed by atoms with van der Waals surface area (Å²) in [7, 11) is 0. The lowest BCUT2D eigenvalue weighted by molar-refractivity contribution is -0.130. The van der Waals surface area contributed by atoms with E-state index in [4.69, 9.17) is 11.6 Å². The number of nitrogens with zero attached hydrogens (tertiary/aromatic N) is 3. The third kappa shape index (κ3) is 3.10. The third-order valence-corrected chi connectivity index (χ3v) is 5.27. The average Bonchev–Trinajstić information content (AvgIpc) is 3.15. The molecule has 1 aromatic heterocycles. The van der Waals surface area contributed by atoms with Crippen molar-refractivity contribution < 1.29 is 4.79 Å². The molecule has 132 valence electrons. The van der Waals surface area contributed by atoms with Crippen LogP contribution in [0.4, 0.5) is 0 Å². The Labute approximate surface area is 155 Å². The standard InChI is InChI=1S/C20H18ClN3O2/c21-17-7-3-1-5-15(17)14-9-10-23(11-14)19(25)12-24-13-22-18-8-4-2-6-16(18)20(24)26/h1-8,13-14H,9-12H2. The van der Waals surface area contributed by atoms with Crippen LogP contribution in [0.2, 0.25) is 5.02 Å². The molecule has 1 fully saturated rings. The number of hydrogen-bond acceptors (Lipinski definition) is 3. The molecule has 1 aliphatic rings. The summed E-state index contributed by atoms with van der Waals surface area (Å²) in [6.45, 7) is 1.30. The second-order valence-electron chi connectivity index (χ2n) is 6.54. The smallest absolute Gasteiger partial charge is 0.261 e. The van der Waals surface area contributed by atoms with E-state index in [-0.39, 0.29) is 23.9 Å². The van der Waals surface area contributed by atoms with Crippen LogP contribution < -0.4 is 5.56 Å². The summed E-state index contributed by atoms with van der Waals surface area (Å²) < 4.78 is 1.38. The summed E-state index contributed by atoms with van der Waals surface area (Å²) in [5, 5.41) is 1.26. The lowest BCUT2D eigenvalue weighted by atomic mass is 9.98. The van der Waals surface area contributed by atoms with Gasteiger partial charge in [-0.15, -0.1) is 0 Å². The van der Waals surface area contributed by atoms with Crippen LogP contribution in [0.1, 0.15) is 17.9 Å². The number of hydrogen-bond donors (Lipinski definition) is 0. The van der Waals surface area contributed by atoms with Crippen molar-refractivity contribution in [2.45, 2.75) is 18.9 Å². The van der Waals surface area contributed by atoms with Crippen molar-refractivity contribution >= 4 is 28.4 Å². The van der Waals surface area contributed by atoms with Gasteiger partial charge in [0.2, 0.25) is 5.91 Å². The van der Waals surface area contributed by atoms with Crippen molar-refractivity contribution in [3.05, 3.63) is 75.8 Å². The fourth-order valence-corrected chi connectivity index (χ4v) is 3.80. The van der Waals surface area contributed by atoms with Crippen LogP contribution in [0.15, 0.2) is 59.7 Å². The minimum absolute atomic E-state index is 0.00586. The van der Waals surface area contributed by atoms with Gasteiger partial charge in [-0.1, -0.05) is 41.9 Å². The molecule has 1 unspecified atom stereocenters. The quantitative estimate of drug-likeness (QED) is 0.715. The molecule has 2 heterocycles. The first kappa shape index (κ1) is 16.8. The fraction of sp³-hybridized carbons (Fsp3) is 0.250. The Balaban J connectivity index is 1.50. The van der Waals surface area contributed by atoms with Gasteiger partial charge in [0, 0.05) is 24.0 Å². The largest absolute Gasteiger partial charge is 0.341 e. The molecule has 1 amide bonds. The SMILES string of the molecule is O=C(Cn1cnc2ccccc2c1=O)N1CCC(c2ccccc2Cl)C1. The molecule has 4 rings (SSSR count). The highest BCUT2D eigenvalue weighted by Crippen LogP contribution is 2.31. The highest BCUT2D eigenvalue weighted by molar-refractivity contribution is 6.31. The molecule has 5 nitrogen and oxygen atoms in total. The average molecular weight is 368 g/mol. The van der Waals surface area contributed by atoms with E-state index in [1.807, 2.05) is 30.3 Å². The molecule has 26 heavy (non-hydrogen) atoms. The second-order valence-corrected chi connectivity index (χ2v) is 6.95. The summed E-state index contributed by atoms with van der Waals surface area (Å²) in [6, 6.07) is 14.9. The van der Waals surface area contributed by atoms with E-state index in [1.165, 1.54) is 10.9 Å². The maximum Gasteiger partial charge on any atom is 0.261 e. The topological polar surface area (TPSA) is 55.2 Å². The van der Waals surface area contributed by atoms with Crippen LogP contribution in [-0.2, 0) is 11.3 Å². The number of fused-ring (bicyclic) bond motifs is 1. The molecular weight excluding hydrogens is 350 g/mol. The van der Waals surface area contributed by atoms with Gasteiger partial charge in [0.15, 0.2) is 0 Å². The molecule has 1 atom stereocenters. The number of amides is 1. The van der Waals surface area contributed by atoms with Gasteiger partial charge in [0.1, 0.15) is 6.54 Å². The van der Waals surface area contributed by atoms with E-state index in [0.717, 1.165) is 17.0 Å². The maximum absolute atomic E-state index is 12.7. The molecule has 1 aliphatic heterocycles. The first-order valence-corrected chi connectivity index (χ1v) is 8.97. The lowest BCUT2D eigenvalue weighted by Crippen LogP contribution is -2.35. The highest BCUT2D eigenvalue weighted by atomic mass is 35.5. The van der Waals surface area contributed by atoms with Crippen molar-refractivity contribution in [1.29, 1.82) is 0 Å². The van der Waals surface area contributed by atoms with Gasteiger partial charge in [0.05, 0.1) is 17.2 Å². The number of halogens is 1. The number of para-hydroxylation sites is 1. The minimum atomic E-state index is -0.189. The molecule has 0 bridgehead atoms. The molecule has 3 aromatic rings. The van der Waals surface area contributed by atoms with E-state index in [2.05, 4.69) is 4.98 Å². The fourth-order valence-electron chi connectivity index (χ4n) is 3.51. The number of aromatic nitrogens is 2. The van der Waals surface area contributed by atoms with Crippen molar-refractivity contribution in [2.24, 2.45) is 0 Å². The van der Waals surface area contributed by atoms with E-state index < -0.39 is 0 Å². The summed E-state index contributed by atoms with van der Waals surface area (Å²) in [6.07, 6.45) is 2.32. The van der Waals surface area contributed by atoms with Gasteiger partial charge >= 0.3 is 0 Å². The Morgan fingerprint density at radius 1 is 1.15 bits per heavy atom.